The van der Waals surface area contributed by atoms with Crippen molar-refractivity contribution < 1.29 is 18.7 Å². The van der Waals surface area contributed by atoms with Gasteiger partial charge in [0.15, 0.2) is 25.0 Å². The van der Waals surface area contributed by atoms with Crippen molar-refractivity contribution in [3.05, 3.63) is 55.4 Å². The highest BCUT2D eigenvalue weighted by atomic mass is 79.9. The van der Waals surface area contributed by atoms with Crippen molar-refractivity contribution in [3.8, 4) is 5.75 Å². The Bertz CT molecular complexity index is 1240. The molecule has 0 aliphatic carbocycles. The average molecular weight is 645 g/mol. The number of hydrogen-bond acceptors (Lipinski definition) is 5. The maximum atomic E-state index is 14.4. The molecule has 0 saturated carbocycles. The van der Waals surface area contributed by atoms with E-state index in [2.05, 4.69) is 67.8 Å². The fraction of sp³-hybridized carbons (Fsp3) is 0.607. The quantitative estimate of drug-likeness (QED) is 0.227. The van der Waals surface area contributed by atoms with Crippen LogP contribution in [0, 0.1) is 5.82 Å². The van der Waals surface area contributed by atoms with Gasteiger partial charge in [0.1, 0.15) is 5.82 Å². The highest BCUT2D eigenvalue weighted by Crippen LogP contribution is 2.43. The minimum absolute atomic E-state index is 0.0471. The molecule has 1 aromatic carbocycles. The number of hydrogen-bond donors (Lipinski definition) is 1. The van der Waals surface area contributed by atoms with E-state index in [0.717, 1.165) is 12.8 Å². The molecular weight excluding hydrogens is 605 g/mol. The van der Waals surface area contributed by atoms with Crippen molar-refractivity contribution in [2.75, 3.05) is 6.61 Å². The van der Waals surface area contributed by atoms with E-state index in [0.29, 0.717) is 23.3 Å². The number of carbonyl (C=O) groups is 1. The molecule has 1 unspecified atom stereocenters. The predicted octanol–water partition coefficient (Wildman–Crippen LogP) is 7.39. The molecule has 2 heterocycles. The monoisotopic (exact) mass is 643 g/mol. The summed E-state index contributed by atoms with van der Waals surface area (Å²) < 4.78 is 27.8. The third kappa shape index (κ3) is 6.28. The summed E-state index contributed by atoms with van der Waals surface area (Å²) in [5.74, 6) is -1.26. The van der Waals surface area contributed by atoms with E-state index in [4.69, 9.17) is 21.1 Å². The first-order chi connectivity index (χ1) is 18.1. The molecule has 39 heavy (non-hydrogen) atoms. The fourth-order valence-corrected chi connectivity index (χ4v) is 13.9. The van der Waals surface area contributed by atoms with Crippen LogP contribution in [0.3, 0.4) is 0 Å². The normalized spacial score (nSPS) is 16.7. The van der Waals surface area contributed by atoms with Crippen LogP contribution >= 0.6 is 27.5 Å². The van der Waals surface area contributed by atoms with E-state index in [9.17, 15) is 14.0 Å². The molecule has 0 radical (unpaired) electrons. The molecule has 0 spiro atoms. The summed E-state index contributed by atoms with van der Waals surface area (Å²) in [5, 5.41) is 2.89. The Labute approximate surface area is 245 Å². The lowest BCUT2D eigenvalue weighted by molar-refractivity contribution is -0.107. The smallest absolute Gasteiger partial charge is 0.289 e. The molecular formula is C28H40BrClFN3O4Si. The number of nitrogens with zero attached hydrogens (tertiary/aromatic N) is 2. The Hall–Kier alpha value is -1.75. The van der Waals surface area contributed by atoms with Crippen molar-refractivity contribution in [3.63, 3.8) is 0 Å². The third-order valence-corrected chi connectivity index (χ3v) is 15.7. The first-order valence-electron chi connectivity index (χ1n) is 13.5. The van der Waals surface area contributed by atoms with Gasteiger partial charge in [-0.3, -0.25) is 9.59 Å². The molecule has 7 nitrogen and oxygen atoms in total. The number of aromatic nitrogens is 2. The second kappa shape index (κ2) is 12.4. The summed E-state index contributed by atoms with van der Waals surface area (Å²) in [6.45, 7) is 16.9. The van der Waals surface area contributed by atoms with E-state index in [1.165, 1.54) is 12.1 Å². The number of rotatable bonds is 9. The summed E-state index contributed by atoms with van der Waals surface area (Å²) >= 11 is 9.57. The molecule has 1 amide bonds. The van der Waals surface area contributed by atoms with Gasteiger partial charge in [0, 0.05) is 6.42 Å². The molecule has 11 heteroatoms. The van der Waals surface area contributed by atoms with E-state index in [-0.39, 0.29) is 38.6 Å². The van der Waals surface area contributed by atoms with E-state index in [1.807, 2.05) is 0 Å². The zero-order valence-corrected chi connectivity index (χ0v) is 27.4. The Morgan fingerprint density at radius 1 is 1.21 bits per heavy atom. The van der Waals surface area contributed by atoms with Crippen LogP contribution in [-0.4, -0.2) is 36.3 Å². The first-order valence-corrected chi connectivity index (χ1v) is 16.9. The van der Waals surface area contributed by atoms with Crippen molar-refractivity contribution in [2.45, 2.75) is 103 Å². The first kappa shape index (κ1) is 31.8. The van der Waals surface area contributed by atoms with Gasteiger partial charge in [-0.25, -0.2) is 9.37 Å². The summed E-state index contributed by atoms with van der Waals surface area (Å²) in [6.07, 6.45) is 1.77. The van der Waals surface area contributed by atoms with Gasteiger partial charge < -0.3 is 19.0 Å². The molecule has 1 aromatic heterocycles. The maximum Gasteiger partial charge on any atom is 0.289 e. The average Bonchev–Trinajstić information content (AvgIpc) is 2.84. The molecule has 1 aliphatic heterocycles. The second-order valence-electron chi connectivity index (χ2n) is 11.7. The lowest BCUT2D eigenvalue weighted by Crippen LogP contribution is -2.57. The van der Waals surface area contributed by atoms with Crippen LogP contribution < -0.4 is 15.6 Å². The van der Waals surface area contributed by atoms with Crippen molar-refractivity contribution in [1.82, 2.24) is 14.5 Å². The van der Waals surface area contributed by atoms with Gasteiger partial charge in [-0.2, -0.15) is 0 Å². The topological polar surface area (TPSA) is 82.5 Å². The summed E-state index contributed by atoms with van der Waals surface area (Å²) in [6, 6.07) is 4.29. The van der Waals surface area contributed by atoms with Gasteiger partial charge in [-0.1, -0.05) is 59.2 Å². The Kier molecular flexibility index (Phi) is 10.1. The number of carbonyl (C=O) groups excluding carboxylic acids is 1. The van der Waals surface area contributed by atoms with Crippen molar-refractivity contribution >= 4 is 41.7 Å². The number of ether oxygens (including phenoxy) is 2. The number of benzene rings is 1. The van der Waals surface area contributed by atoms with Crippen LogP contribution in [0.15, 0.2) is 27.7 Å². The zero-order chi connectivity index (χ0) is 29.3. The Balaban J connectivity index is 2.19. The summed E-state index contributed by atoms with van der Waals surface area (Å²) in [4.78, 5) is 32.8. The molecule has 1 saturated heterocycles. The lowest BCUT2D eigenvalue weighted by atomic mass is 9.94. The minimum atomic E-state index is -2.57. The predicted molar refractivity (Wildman–Crippen MR) is 159 cm³/mol. The van der Waals surface area contributed by atoms with Crippen LogP contribution in [0.25, 0.3) is 0 Å². The van der Waals surface area contributed by atoms with Gasteiger partial charge in [-0.05, 0) is 76.9 Å². The summed E-state index contributed by atoms with van der Waals surface area (Å²) in [5.41, 5.74) is -0.266. The van der Waals surface area contributed by atoms with Crippen LogP contribution in [0.2, 0.25) is 21.6 Å². The van der Waals surface area contributed by atoms with E-state index < -0.39 is 31.8 Å². The molecule has 0 bridgehead atoms. The van der Waals surface area contributed by atoms with Crippen molar-refractivity contribution in [2.24, 2.45) is 0 Å². The van der Waals surface area contributed by atoms with Crippen LogP contribution in [-0.2, 0) is 10.3 Å². The lowest BCUT2D eigenvalue weighted by Gasteiger charge is -2.44. The molecule has 1 aliphatic rings. The van der Waals surface area contributed by atoms with Crippen LogP contribution in [0.1, 0.15) is 90.7 Å². The maximum absolute atomic E-state index is 14.4. The summed E-state index contributed by atoms with van der Waals surface area (Å²) in [7, 11) is -2.57. The molecule has 1 atom stereocenters. The van der Waals surface area contributed by atoms with Gasteiger partial charge in [0.05, 0.1) is 17.2 Å². The van der Waals surface area contributed by atoms with Gasteiger partial charge >= 0.3 is 0 Å². The largest absolute Gasteiger partial charge is 0.457 e. The number of nitrogens with one attached hydrogen (secondary N) is 1. The van der Waals surface area contributed by atoms with E-state index >= 15 is 0 Å². The van der Waals surface area contributed by atoms with Crippen LogP contribution in [0.5, 0.6) is 5.75 Å². The Morgan fingerprint density at radius 3 is 2.33 bits per heavy atom. The van der Waals surface area contributed by atoms with Crippen molar-refractivity contribution in [1.29, 1.82) is 0 Å². The fourth-order valence-electron chi connectivity index (χ4n) is 6.09. The molecule has 2 aromatic rings. The van der Waals surface area contributed by atoms with Crippen LogP contribution in [0.4, 0.5) is 4.39 Å². The van der Waals surface area contributed by atoms with Gasteiger partial charge in [0.25, 0.3) is 11.5 Å². The van der Waals surface area contributed by atoms with Gasteiger partial charge in [0.2, 0.25) is 5.75 Å². The SMILES string of the molecule is CC(C)[Si](C(C)C)(C(C)C)n1c(Br)nc(C(=O)NC(C)(C)c2ccc(F)c(Cl)c2)c(OC2CCCCO2)c1=O. The number of halogens is 3. The second-order valence-corrected chi connectivity index (χ2v) is 18.5. The third-order valence-electron chi connectivity index (χ3n) is 7.83. The molecule has 216 valence electrons. The highest BCUT2D eigenvalue weighted by molar-refractivity contribution is 9.10. The molecule has 1 fully saturated rings. The zero-order valence-electron chi connectivity index (χ0n) is 24.0. The number of amides is 1. The Morgan fingerprint density at radius 2 is 1.82 bits per heavy atom. The minimum Gasteiger partial charge on any atom is -0.457 e. The molecule has 1 N–H and O–H groups in total. The molecule has 3 rings (SSSR count). The van der Waals surface area contributed by atoms with E-state index in [1.54, 1.807) is 24.1 Å². The van der Waals surface area contributed by atoms with Gasteiger partial charge in [-0.15, -0.1) is 0 Å². The highest BCUT2D eigenvalue weighted by Gasteiger charge is 2.48. The standard InChI is InChI=1S/C28H40BrClFN3O4Si/c1-16(2)39(17(3)4,18(5)6)34-26(36)24(38-22-11-9-10-14-37-22)23(32-27(34)29)25(35)33-28(7,8)19-12-13-21(31)20(30)15-19/h12-13,15-18,22H,9-11,14H2,1-8H3,(H,33,35).